The van der Waals surface area contributed by atoms with E-state index in [2.05, 4.69) is 13.0 Å². The molecule has 0 heterocycles. The molecule has 1 unspecified atom stereocenters. The lowest BCUT2D eigenvalue weighted by molar-refractivity contribution is -0.135. The monoisotopic (exact) mass is 312 g/mol. The van der Waals surface area contributed by atoms with E-state index in [0.717, 1.165) is 23.7 Å². The number of allylic oxidation sites excluding steroid dienone is 2. The molecule has 0 aliphatic heterocycles. The van der Waals surface area contributed by atoms with Crippen molar-refractivity contribution < 1.29 is 4.79 Å². The fourth-order valence-electron chi connectivity index (χ4n) is 8.44. The average Bonchev–Trinajstić information content (AvgIpc) is 2.95. The molecule has 126 valence electrons. The Morgan fingerprint density at radius 2 is 1.87 bits per heavy atom. The third kappa shape index (κ3) is 1.83. The van der Waals surface area contributed by atoms with Crippen molar-refractivity contribution >= 4 is 5.78 Å². The summed E-state index contributed by atoms with van der Waals surface area (Å²) in [6, 6.07) is 0. The topological polar surface area (TPSA) is 17.1 Å². The quantitative estimate of drug-likeness (QED) is 0.573. The molecule has 1 heteroatoms. The number of rotatable bonds is 0. The highest BCUT2D eigenvalue weighted by Gasteiger charge is 2.62. The van der Waals surface area contributed by atoms with E-state index in [9.17, 15) is 4.79 Å². The zero-order chi connectivity index (χ0) is 15.7. The molecule has 1 spiro atoms. The van der Waals surface area contributed by atoms with E-state index in [0.29, 0.717) is 22.5 Å². The minimum absolute atomic E-state index is 0.380. The van der Waals surface area contributed by atoms with Gasteiger partial charge >= 0.3 is 0 Å². The van der Waals surface area contributed by atoms with Crippen LogP contribution < -0.4 is 0 Å². The maximum absolute atomic E-state index is 12.5. The molecule has 0 amide bonds. The Balaban J connectivity index is 1.49. The zero-order valence-electron chi connectivity index (χ0n) is 14.7. The summed E-state index contributed by atoms with van der Waals surface area (Å²) in [4.78, 5) is 12.5. The molecule has 0 bridgehead atoms. The lowest BCUT2D eigenvalue weighted by Gasteiger charge is -2.61. The molecule has 0 radical (unpaired) electrons. The first-order valence-corrected chi connectivity index (χ1v) is 10.4. The van der Waals surface area contributed by atoms with Gasteiger partial charge in [-0.25, -0.2) is 0 Å². The summed E-state index contributed by atoms with van der Waals surface area (Å²) in [7, 11) is 0. The van der Waals surface area contributed by atoms with E-state index in [1.807, 2.05) is 6.08 Å². The van der Waals surface area contributed by atoms with E-state index >= 15 is 0 Å². The third-order valence-corrected chi connectivity index (χ3v) is 9.42. The van der Waals surface area contributed by atoms with E-state index in [1.165, 1.54) is 70.6 Å². The van der Waals surface area contributed by atoms with Crippen molar-refractivity contribution in [1.82, 2.24) is 0 Å². The van der Waals surface area contributed by atoms with Crippen LogP contribution in [0.25, 0.3) is 0 Å². The first-order valence-electron chi connectivity index (χ1n) is 10.4. The normalized spacial score (nSPS) is 54.8. The van der Waals surface area contributed by atoms with Crippen molar-refractivity contribution in [3.8, 4) is 0 Å². The van der Waals surface area contributed by atoms with Gasteiger partial charge in [0.25, 0.3) is 0 Å². The average molecular weight is 312 g/mol. The Morgan fingerprint density at radius 3 is 2.78 bits per heavy atom. The van der Waals surface area contributed by atoms with Gasteiger partial charge in [-0.2, -0.15) is 0 Å². The highest BCUT2D eigenvalue weighted by molar-refractivity contribution is 5.93. The molecular weight excluding hydrogens is 280 g/mol. The summed E-state index contributed by atoms with van der Waals surface area (Å²) < 4.78 is 0. The molecule has 5 rings (SSSR count). The second kappa shape index (κ2) is 4.96. The van der Waals surface area contributed by atoms with Gasteiger partial charge in [-0.1, -0.05) is 25.8 Å². The van der Waals surface area contributed by atoms with E-state index < -0.39 is 0 Å². The molecule has 0 aromatic heterocycles. The van der Waals surface area contributed by atoms with Crippen LogP contribution in [0.2, 0.25) is 0 Å². The standard InChI is InChI=1S/C22H32O/c1-21-12-3-2-5-15(21)7-8-16-17(21)11-14-22-13-4-6-20(23)19(22)10-9-18(16)22/h4,6,15-19H,2-3,5,7-14H2,1H3/t15?,16-,17+,18+,19-,21+,22-/m1/s1. The number of carbonyl (C=O) groups excluding carboxylic acids is 1. The number of hydrogen-bond acceptors (Lipinski definition) is 1. The van der Waals surface area contributed by atoms with E-state index in [1.54, 1.807) is 0 Å². The van der Waals surface area contributed by atoms with Crippen LogP contribution in [0.1, 0.15) is 77.6 Å². The molecule has 0 aromatic rings. The summed E-state index contributed by atoms with van der Waals surface area (Å²) in [6.45, 7) is 2.66. The molecule has 7 atom stereocenters. The number of fused-ring (bicyclic) bond motifs is 4. The molecular formula is C22H32O. The summed E-state index contributed by atoms with van der Waals surface area (Å²) in [5, 5.41) is 0. The van der Waals surface area contributed by atoms with Crippen LogP contribution in [-0.2, 0) is 4.79 Å². The molecule has 5 aliphatic carbocycles. The Morgan fingerprint density at radius 1 is 0.957 bits per heavy atom. The van der Waals surface area contributed by atoms with Gasteiger partial charge in [-0.05, 0) is 98.4 Å². The van der Waals surface area contributed by atoms with E-state index in [4.69, 9.17) is 0 Å². The highest BCUT2D eigenvalue weighted by atomic mass is 16.1. The van der Waals surface area contributed by atoms with Crippen molar-refractivity contribution in [2.24, 2.45) is 40.4 Å². The predicted molar refractivity (Wildman–Crippen MR) is 92.9 cm³/mol. The van der Waals surface area contributed by atoms with Crippen molar-refractivity contribution in [3.05, 3.63) is 12.2 Å². The maximum Gasteiger partial charge on any atom is 0.159 e. The minimum Gasteiger partial charge on any atom is -0.295 e. The second-order valence-electron chi connectivity index (χ2n) is 9.81. The zero-order valence-corrected chi connectivity index (χ0v) is 14.7. The fraction of sp³-hybridized carbons (Fsp3) is 0.864. The minimum atomic E-state index is 0.380. The SMILES string of the molecule is C[C@]12CCCCC1CC[C@H]1[C@@H]3CC[C@@H]4C(=O)C=CC[C@]43CC[C@@H]12. The number of hydrogen-bond donors (Lipinski definition) is 0. The summed E-state index contributed by atoms with van der Waals surface area (Å²) in [5.74, 6) is 4.63. The Bertz CT molecular complexity index is 548. The van der Waals surface area contributed by atoms with Crippen molar-refractivity contribution in [2.75, 3.05) is 0 Å². The lowest BCUT2D eigenvalue weighted by Crippen LogP contribution is -2.54. The van der Waals surface area contributed by atoms with Gasteiger partial charge in [-0.15, -0.1) is 0 Å². The van der Waals surface area contributed by atoms with E-state index in [-0.39, 0.29) is 0 Å². The van der Waals surface area contributed by atoms with Gasteiger partial charge in [-0.3, -0.25) is 4.79 Å². The smallest absolute Gasteiger partial charge is 0.159 e. The fourth-order valence-corrected chi connectivity index (χ4v) is 8.44. The van der Waals surface area contributed by atoms with Crippen LogP contribution in [0.4, 0.5) is 0 Å². The Labute approximate surface area is 141 Å². The van der Waals surface area contributed by atoms with Crippen molar-refractivity contribution in [1.29, 1.82) is 0 Å². The first-order chi connectivity index (χ1) is 11.2. The predicted octanol–water partition coefficient (Wildman–Crippen LogP) is 5.54. The Hall–Kier alpha value is -0.590. The molecule has 0 saturated heterocycles. The van der Waals surface area contributed by atoms with Crippen molar-refractivity contribution in [3.63, 3.8) is 0 Å². The third-order valence-electron chi connectivity index (χ3n) is 9.42. The van der Waals surface area contributed by atoms with Crippen molar-refractivity contribution in [2.45, 2.75) is 77.6 Å². The van der Waals surface area contributed by atoms with Gasteiger partial charge in [0.05, 0.1) is 0 Å². The van der Waals surface area contributed by atoms with Crippen LogP contribution in [0, 0.1) is 40.4 Å². The van der Waals surface area contributed by atoms with Gasteiger partial charge in [0.2, 0.25) is 0 Å². The molecule has 4 fully saturated rings. The van der Waals surface area contributed by atoms with Crippen LogP contribution in [0.3, 0.4) is 0 Å². The molecule has 0 N–H and O–H groups in total. The second-order valence-corrected chi connectivity index (χ2v) is 9.81. The molecule has 4 saturated carbocycles. The van der Waals surface area contributed by atoms with Gasteiger partial charge < -0.3 is 0 Å². The largest absolute Gasteiger partial charge is 0.295 e. The molecule has 1 nitrogen and oxygen atoms in total. The highest BCUT2D eigenvalue weighted by Crippen LogP contribution is 2.69. The van der Waals surface area contributed by atoms with Crippen LogP contribution >= 0.6 is 0 Å². The van der Waals surface area contributed by atoms with Crippen LogP contribution in [0.5, 0.6) is 0 Å². The Kier molecular flexibility index (Phi) is 3.18. The first kappa shape index (κ1) is 14.7. The molecule has 0 aromatic carbocycles. The summed E-state index contributed by atoms with van der Waals surface area (Å²) in [5.41, 5.74) is 1.01. The van der Waals surface area contributed by atoms with Gasteiger partial charge in [0.1, 0.15) is 0 Å². The summed E-state index contributed by atoms with van der Waals surface area (Å²) >= 11 is 0. The number of ketones is 1. The van der Waals surface area contributed by atoms with Gasteiger partial charge in [0, 0.05) is 5.92 Å². The number of carbonyl (C=O) groups is 1. The molecule has 23 heavy (non-hydrogen) atoms. The maximum atomic E-state index is 12.5. The lowest BCUT2D eigenvalue weighted by atomic mass is 9.44. The van der Waals surface area contributed by atoms with Crippen LogP contribution in [0.15, 0.2) is 12.2 Å². The molecule has 5 aliphatic rings. The van der Waals surface area contributed by atoms with Gasteiger partial charge in [0.15, 0.2) is 5.78 Å². The summed E-state index contributed by atoms with van der Waals surface area (Å²) in [6.07, 6.45) is 19.5. The van der Waals surface area contributed by atoms with Crippen LogP contribution in [-0.4, -0.2) is 5.78 Å².